The smallest absolute Gasteiger partial charge is 0.338 e. The highest BCUT2D eigenvalue weighted by atomic mass is 16.6. The first-order chi connectivity index (χ1) is 12.4. The van der Waals surface area contributed by atoms with Crippen molar-refractivity contribution in [3.05, 3.63) is 69.5 Å². The molecule has 0 saturated heterocycles. The number of nitro groups is 1. The van der Waals surface area contributed by atoms with Gasteiger partial charge in [-0.05, 0) is 19.1 Å². The monoisotopic (exact) mass is 354 g/mol. The van der Waals surface area contributed by atoms with Gasteiger partial charge in [0.05, 0.1) is 17.6 Å². The van der Waals surface area contributed by atoms with E-state index in [9.17, 15) is 19.7 Å². The van der Waals surface area contributed by atoms with Gasteiger partial charge in [-0.15, -0.1) is 0 Å². The van der Waals surface area contributed by atoms with E-state index in [1.807, 2.05) is 12.1 Å². The molecule has 8 nitrogen and oxygen atoms in total. The number of hydrogen-bond donors (Lipinski definition) is 1. The molecule has 0 aliphatic heterocycles. The number of hydrogen-bond acceptors (Lipinski definition) is 6. The molecule has 0 atom stereocenters. The first-order valence-electron chi connectivity index (χ1n) is 7.58. The van der Waals surface area contributed by atoms with E-state index in [2.05, 4.69) is 10.1 Å². The van der Waals surface area contributed by atoms with Crippen molar-refractivity contribution < 1.29 is 23.7 Å². The van der Waals surface area contributed by atoms with Crippen molar-refractivity contribution in [2.24, 2.45) is 0 Å². The third-order valence-electron chi connectivity index (χ3n) is 3.86. The summed E-state index contributed by atoms with van der Waals surface area (Å²) in [6.45, 7) is 1.74. The molecule has 0 aliphatic carbocycles. The number of furan rings is 1. The molecule has 1 N–H and O–H groups in total. The molecule has 8 heteroatoms. The fraction of sp³-hybridized carbons (Fsp3) is 0.111. The number of benzene rings is 2. The zero-order chi connectivity index (χ0) is 18.8. The normalized spacial score (nSPS) is 10.5. The minimum atomic E-state index is -0.746. The minimum Gasteiger partial charge on any atom is -0.465 e. The zero-order valence-electron chi connectivity index (χ0n) is 13.9. The van der Waals surface area contributed by atoms with Crippen LogP contribution >= 0.6 is 0 Å². The van der Waals surface area contributed by atoms with Crippen LogP contribution in [0, 0.1) is 17.0 Å². The Hall–Kier alpha value is -3.68. The summed E-state index contributed by atoms with van der Waals surface area (Å²) in [5.41, 5.74) is 0.911. The SMILES string of the molecule is COC(=O)c1cc(NC(=O)c2oc3ccccc3c2C)cc([N+](=O)[O-])c1. The summed E-state index contributed by atoms with van der Waals surface area (Å²) >= 11 is 0. The molecular formula is C18H14N2O6. The number of amides is 1. The van der Waals surface area contributed by atoms with Gasteiger partial charge in [0.2, 0.25) is 0 Å². The van der Waals surface area contributed by atoms with Crippen molar-refractivity contribution in [2.45, 2.75) is 6.92 Å². The van der Waals surface area contributed by atoms with Crippen LogP contribution in [0.4, 0.5) is 11.4 Å². The predicted molar refractivity (Wildman–Crippen MR) is 93.3 cm³/mol. The second-order valence-electron chi connectivity index (χ2n) is 5.52. The molecule has 0 bridgehead atoms. The highest BCUT2D eigenvalue weighted by molar-refractivity contribution is 6.07. The molecule has 1 amide bonds. The average Bonchev–Trinajstić information content (AvgIpc) is 2.98. The Morgan fingerprint density at radius 2 is 1.92 bits per heavy atom. The molecule has 0 spiro atoms. The van der Waals surface area contributed by atoms with Crippen LogP contribution in [0.3, 0.4) is 0 Å². The van der Waals surface area contributed by atoms with Gasteiger partial charge in [0.15, 0.2) is 5.76 Å². The number of nitro benzene ring substituents is 1. The van der Waals surface area contributed by atoms with Gasteiger partial charge in [-0.1, -0.05) is 18.2 Å². The molecule has 0 fully saturated rings. The van der Waals surface area contributed by atoms with E-state index in [1.54, 1.807) is 19.1 Å². The van der Waals surface area contributed by atoms with E-state index in [0.717, 1.165) is 24.6 Å². The summed E-state index contributed by atoms with van der Waals surface area (Å²) in [5.74, 6) is -1.23. The van der Waals surface area contributed by atoms with Crippen molar-refractivity contribution in [3.63, 3.8) is 0 Å². The predicted octanol–water partition coefficient (Wildman–Crippen LogP) is 3.69. The molecule has 3 rings (SSSR count). The topological polar surface area (TPSA) is 112 Å². The number of aryl methyl sites for hydroxylation is 1. The van der Waals surface area contributed by atoms with Crippen LogP contribution < -0.4 is 5.32 Å². The van der Waals surface area contributed by atoms with E-state index < -0.39 is 16.8 Å². The number of anilines is 1. The van der Waals surface area contributed by atoms with Crippen LogP contribution in [0.25, 0.3) is 11.0 Å². The number of fused-ring (bicyclic) bond motifs is 1. The summed E-state index contributed by atoms with van der Waals surface area (Å²) in [5, 5.41) is 14.4. The van der Waals surface area contributed by atoms with Crippen molar-refractivity contribution in [1.29, 1.82) is 0 Å². The molecule has 2 aromatic carbocycles. The Kier molecular flexibility index (Phi) is 4.40. The quantitative estimate of drug-likeness (QED) is 0.434. The van der Waals surface area contributed by atoms with Crippen molar-refractivity contribution in [2.75, 3.05) is 12.4 Å². The summed E-state index contributed by atoms with van der Waals surface area (Å²) in [6.07, 6.45) is 0. The van der Waals surface area contributed by atoms with Gasteiger partial charge < -0.3 is 14.5 Å². The second-order valence-corrected chi connectivity index (χ2v) is 5.52. The van der Waals surface area contributed by atoms with Crippen LogP contribution in [-0.4, -0.2) is 23.9 Å². The molecule has 0 unspecified atom stereocenters. The molecule has 3 aromatic rings. The molecule has 1 aromatic heterocycles. The summed E-state index contributed by atoms with van der Waals surface area (Å²) in [7, 11) is 1.16. The lowest BCUT2D eigenvalue weighted by atomic mass is 10.1. The highest BCUT2D eigenvalue weighted by Crippen LogP contribution is 2.27. The number of non-ortho nitro benzene ring substituents is 1. The standard InChI is InChI=1S/C18H14N2O6/c1-10-14-5-3-4-6-15(14)26-16(10)17(21)19-12-7-11(18(22)25-2)8-13(9-12)20(23)24/h3-9H,1-2H3,(H,19,21). The molecule has 26 heavy (non-hydrogen) atoms. The molecule has 0 aliphatic rings. The Morgan fingerprint density at radius 1 is 1.19 bits per heavy atom. The van der Waals surface area contributed by atoms with E-state index in [1.165, 1.54) is 6.07 Å². The fourth-order valence-corrected chi connectivity index (χ4v) is 2.60. The fourth-order valence-electron chi connectivity index (χ4n) is 2.60. The first kappa shape index (κ1) is 17.2. The number of carbonyl (C=O) groups is 2. The average molecular weight is 354 g/mol. The molecule has 0 saturated carbocycles. The van der Waals surface area contributed by atoms with Crippen molar-refractivity contribution in [3.8, 4) is 0 Å². The molecule has 1 heterocycles. The van der Waals surface area contributed by atoms with Gasteiger partial charge in [0.1, 0.15) is 5.58 Å². The molecule has 0 radical (unpaired) electrons. The summed E-state index contributed by atoms with van der Waals surface area (Å²) < 4.78 is 10.2. The Bertz CT molecular complexity index is 1040. The highest BCUT2D eigenvalue weighted by Gasteiger charge is 2.20. The molecule has 132 valence electrons. The first-order valence-corrected chi connectivity index (χ1v) is 7.58. The van der Waals surface area contributed by atoms with Gasteiger partial charge in [-0.25, -0.2) is 4.79 Å². The van der Waals surface area contributed by atoms with Crippen molar-refractivity contribution in [1.82, 2.24) is 0 Å². The number of nitrogens with one attached hydrogen (secondary N) is 1. The summed E-state index contributed by atoms with van der Waals surface area (Å²) in [6, 6.07) is 10.7. The maximum Gasteiger partial charge on any atom is 0.338 e. The lowest BCUT2D eigenvalue weighted by Crippen LogP contribution is -2.13. The third-order valence-corrected chi connectivity index (χ3v) is 3.86. The Morgan fingerprint density at radius 3 is 2.58 bits per heavy atom. The van der Waals surface area contributed by atoms with Crippen LogP contribution in [0.2, 0.25) is 0 Å². The number of esters is 1. The van der Waals surface area contributed by atoms with Gasteiger partial charge in [0, 0.05) is 28.8 Å². The lowest BCUT2D eigenvalue weighted by molar-refractivity contribution is -0.384. The number of ether oxygens (including phenoxy) is 1. The van der Waals surface area contributed by atoms with E-state index in [4.69, 9.17) is 4.42 Å². The zero-order valence-corrected chi connectivity index (χ0v) is 13.9. The lowest BCUT2D eigenvalue weighted by Gasteiger charge is -2.06. The number of para-hydroxylation sites is 1. The number of rotatable bonds is 4. The van der Waals surface area contributed by atoms with Gasteiger partial charge in [0.25, 0.3) is 11.6 Å². The number of carbonyl (C=O) groups excluding carboxylic acids is 2. The van der Waals surface area contributed by atoms with E-state index in [0.29, 0.717) is 11.1 Å². The Balaban J connectivity index is 1.97. The van der Waals surface area contributed by atoms with E-state index >= 15 is 0 Å². The van der Waals surface area contributed by atoms with Crippen LogP contribution in [0.15, 0.2) is 46.9 Å². The van der Waals surface area contributed by atoms with Gasteiger partial charge in [-0.3, -0.25) is 14.9 Å². The van der Waals surface area contributed by atoms with Crippen LogP contribution in [0.1, 0.15) is 26.5 Å². The Labute approximate surface area is 147 Å². The van der Waals surface area contributed by atoms with Crippen LogP contribution in [-0.2, 0) is 4.74 Å². The maximum absolute atomic E-state index is 12.5. The maximum atomic E-state index is 12.5. The molecular weight excluding hydrogens is 340 g/mol. The second kappa shape index (κ2) is 6.67. The summed E-state index contributed by atoms with van der Waals surface area (Å²) in [4.78, 5) is 34.6. The number of nitrogens with zero attached hydrogens (tertiary/aromatic N) is 1. The van der Waals surface area contributed by atoms with E-state index in [-0.39, 0.29) is 22.7 Å². The largest absolute Gasteiger partial charge is 0.465 e. The van der Waals surface area contributed by atoms with Gasteiger partial charge in [-0.2, -0.15) is 0 Å². The number of methoxy groups -OCH3 is 1. The third kappa shape index (κ3) is 3.12. The minimum absolute atomic E-state index is 0.0432. The van der Waals surface area contributed by atoms with Gasteiger partial charge >= 0.3 is 5.97 Å². The van der Waals surface area contributed by atoms with Crippen LogP contribution in [0.5, 0.6) is 0 Å². The van der Waals surface area contributed by atoms with Crippen molar-refractivity contribution >= 4 is 34.2 Å².